The first-order valence-corrected chi connectivity index (χ1v) is 9.94. The van der Waals surface area contributed by atoms with Gasteiger partial charge in [-0.1, -0.05) is 11.6 Å². The van der Waals surface area contributed by atoms with Gasteiger partial charge in [0.1, 0.15) is 5.82 Å². The van der Waals surface area contributed by atoms with Crippen molar-refractivity contribution in [1.29, 1.82) is 0 Å². The highest BCUT2D eigenvalue weighted by Crippen LogP contribution is 2.22. The van der Waals surface area contributed by atoms with E-state index in [2.05, 4.69) is 15.5 Å². The molecule has 0 aliphatic carbocycles. The number of aromatic nitrogens is 4. The summed E-state index contributed by atoms with van der Waals surface area (Å²) in [6.45, 7) is 9.13. The summed E-state index contributed by atoms with van der Waals surface area (Å²) in [6, 6.07) is 8.53. The van der Waals surface area contributed by atoms with E-state index in [0.29, 0.717) is 16.4 Å². The van der Waals surface area contributed by atoms with Gasteiger partial charge in [-0.3, -0.25) is 4.79 Å². The van der Waals surface area contributed by atoms with Crippen LogP contribution in [0.5, 0.6) is 0 Å². The highest BCUT2D eigenvalue weighted by Gasteiger charge is 2.21. The molecule has 30 heavy (non-hydrogen) atoms. The van der Waals surface area contributed by atoms with Crippen LogP contribution in [0.3, 0.4) is 0 Å². The number of ether oxygens (including phenoxy) is 1. The Bertz CT molecular complexity index is 1070. The zero-order valence-electron chi connectivity index (χ0n) is 17.5. The molecule has 0 bridgehead atoms. The van der Waals surface area contributed by atoms with Gasteiger partial charge in [-0.2, -0.15) is 10.2 Å². The molecule has 2 aromatic heterocycles. The highest BCUT2D eigenvalue weighted by molar-refractivity contribution is 6.31. The number of nitrogens with one attached hydrogen (secondary N) is 1. The number of nitrogens with zero attached hydrogens (tertiary/aromatic N) is 4. The van der Waals surface area contributed by atoms with E-state index in [9.17, 15) is 9.59 Å². The Hall–Kier alpha value is -3.13. The molecular formula is C21H24ClN5O3. The molecule has 1 unspecified atom stereocenters. The quantitative estimate of drug-likeness (QED) is 0.595. The second kappa shape index (κ2) is 8.71. The number of esters is 1. The van der Waals surface area contributed by atoms with Crippen LogP contribution in [-0.2, 0) is 9.53 Å². The third-order valence-corrected chi connectivity index (χ3v) is 5.16. The first-order chi connectivity index (χ1) is 14.2. The Balaban J connectivity index is 1.65. The number of anilines is 1. The van der Waals surface area contributed by atoms with Crippen molar-refractivity contribution in [3.63, 3.8) is 0 Å². The zero-order chi connectivity index (χ0) is 22.0. The molecule has 0 radical (unpaired) electrons. The van der Waals surface area contributed by atoms with Gasteiger partial charge in [-0.25, -0.2) is 14.2 Å². The lowest BCUT2D eigenvalue weighted by Gasteiger charge is -2.16. The molecule has 0 saturated heterocycles. The van der Waals surface area contributed by atoms with E-state index in [-0.39, 0.29) is 6.04 Å². The van der Waals surface area contributed by atoms with Gasteiger partial charge < -0.3 is 10.1 Å². The number of halogens is 1. The Morgan fingerprint density at radius 2 is 1.77 bits per heavy atom. The van der Waals surface area contributed by atoms with Gasteiger partial charge in [0.25, 0.3) is 5.91 Å². The van der Waals surface area contributed by atoms with Crippen molar-refractivity contribution in [3.8, 4) is 5.69 Å². The maximum absolute atomic E-state index is 12.4. The van der Waals surface area contributed by atoms with Crippen molar-refractivity contribution < 1.29 is 14.3 Å². The Labute approximate surface area is 179 Å². The number of rotatable bonds is 6. The fourth-order valence-electron chi connectivity index (χ4n) is 2.95. The Morgan fingerprint density at radius 3 is 2.33 bits per heavy atom. The number of carbonyl (C=O) groups is 2. The summed E-state index contributed by atoms with van der Waals surface area (Å²) in [7, 11) is 0. The molecule has 1 atom stereocenters. The molecule has 0 aliphatic heterocycles. The highest BCUT2D eigenvalue weighted by atomic mass is 35.5. The predicted molar refractivity (Wildman–Crippen MR) is 114 cm³/mol. The first-order valence-electron chi connectivity index (χ1n) is 9.56. The lowest BCUT2D eigenvalue weighted by Crippen LogP contribution is -2.31. The van der Waals surface area contributed by atoms with Crippen LogP contribution >= 0.6 is 11.6 Å². The molecule has 0 aliphatic rings. The molecule has 1 aromatic carbocycles. The first kappa shape index (κ1) is 21.6. The maximum Gasteiger partial charge on any atom is 0.338 e. The van der Waals surface area contributed by atoms with Crippen LogP contribution in [0.1, 0.15) is 48.6 Å². The number of hydrogen-bond acceptors (Lipinski definition) is 5. The summed E-state index contributed by atoms with van der Waals surface area (Å²) in [6.07, 6.45) is 0.631. The molecule has 0 saturated carbocycles. The van der Waals surface area contributed by atoms with Gasteiger partial charge in [0.05, 0.1) is 33.9 Å². The fourth-order valence-corrected chi connectivity index (χ4v) is 3.07. The summed E-state index contributed by atoms with van der Waals surface area (Å²) < 4.78 is 8.70. The minimum absolute atomic E-state index is 0.0868. The third-order valence-electron chi connectivity index (χ3n) is 4.61. The number of carbonyl (C=O) groups excluding carboxylic acids is 2. The molecule has 2 heterocycles. The van der Waals surface area contributed by atoms with Crippen molar-refractivity contribution in [2.45, 2.75) is 46.8 Å². The van der Waals surface area contributed by atoms with Gasteiger partial charge >= 0.3 is 5.97 Å². The second-order valence-corrected chi connectivity index (χ2v) is 7.61. The average Bonchev–Trinajstić information content (AvgIpc) is 3.28. The van der Waals surface area contributed by atoms with E-state index in [0.717, 1.165) is 17.1 Å². The van der Waals surface area contributed by atoms with Gasteiger partial charge in [-0.15, -0.1) is 0 Å². The minimum atomic E-state index is -0.970. The van der Waals surface area contributed by atoms with Crippen LogP contribution in [0.15, 0.2) is 36.5 Å². The van der Waals surface area contributed by atoms with Crippen LogP contribution in [0.4, 0.5) is 5.82 Å². The van der Waals surface area contributed by atoms with Crippen molar-refractivity contribution in [2.24, 2.45) is 0 Å². The monoisotopic (exact) mass is 429 g/mol. The molecule has 158 valence electrons. The lowest BCUT2D eigenvalue weighted by molar-refractivity contribution is -0.123. The molecule has 0 spiro atoms. The largest absolute Gasteiger partial charge is 0.449 e. The van der Waals surface area contributed by atoms with E-state index < -0.39 is 18.0 Å². The van der Waals surface area contributed by atoms with Crippen LogP contribution in [0.2, 0.25) is 5.02 Å². The average molecular weight is 430 g/mol. The van der Waals surface area contributed by atoms with Gasteiger partial charge in [-0.05, 0) is 58.9 Å². The number of aryl methyl sites for hydroxylation is 1. The van der Waals surface area contributed by atoms with Crippen LogP contribution < -0.4 is 5.32 Å². The van der Waals surface area contributed by atoms with E-state index in [4.69, 9.17) is 16.3 Å². The van der Waals surface area contributed by atoms with Gasteiger partial charge in [0.15, 0.2) is 6.10 Å². The van der Waals surface area contributed by atoms with Crippen molar-refractivity contribution in [1.82, 2.24) is 19.6 Å². The standard InChI is InChI=1S/C21H24ClN5O3/c1-12(2)26-18(10-11-23-26)24-20(28)15(5)30-21(29)16-6-8-17(9-7-16)27-14(4)19(22)13(3)25-27/h6-12,15H,1-5H3,(H,24,28). The molecule has 0 fully saturated rings. The van der Waals surface area contributed by atoms with E-state index in [1.807, 2.05) is 27.7 Å². The zero-order valence-corrected chi connectivity index (χ0v) is 18.3. The smallest absolute Gasteiger partial charge is 0.338 e. The SMILES string of the molecule is Cc1nn(-c2ccc(C(=O)OC(C)C(=O)Nc3ccnn3C(C)C)cc2)c(C)c1Cl. The van der Waals surface area contributed by atoms with Crippen molar-refractivity contribution >= 4 is 29.3 Å². The van der Waals surface area contributed by atoms with E-state index in [1.54, 1.807) is 45.9 Å². The minimum Gasteiger partial charge on any atom is -0.449 e. The normalized spacial score (nSPS) is 12.1. The topological polar surface area (TPSA) is 91.0 Å². The molecule has 8 nitrogen and oxygen atoms in total. The molecule has 3 aromatic rings. The summed E-state index contributed by atoms with van der Waals surface area (Å²) in [5.74, 6) is -0.474. The maximum atomic E-state index is 12.4. The molecular weight excluding hydrogens is 406 g/mol. The third kappa shape index (κ3) is 4.38. The van der Waals surface area contributed by atoms with E-state index in [1.165, 1.54) is 6.92 Å². The van der Waals surface area contributed by atoms with Gasteiger partial charge in [0.2, 0.25) is 0 Å². The molecule has 1 N–H and O–H groups in total. The Kier molecular flexibility index (Phi) is 6.26. The fraction of sp³-hybridized carbons (Fsp3) is 0.333. The van der Waals surface area contributed by atoms with E-state index >= 15 is 0 Å². The van der Waals surface area contributed by atoms with Crippen LogP contribution in [0.25, 0.3) is 5.69 Å². The summed E-state index contributed by atoms with van der Waals surface area (Å²) in [4.78, 5) is 24.9. The van der Waals surface area contributed by atoms with Crippen molar-refractivity contribution in [2.75, 3.05) is 5.32 Å². The molecule has 1 amide bonds. The van der Waals surface area contributed by atoms with Gasteiger partial charge in [0, 0.05) is 12.1 Å². The lowest BCUT2D eigenvalue weighted by atomic mass is 10.2. The second-order valence-electron chi connectivity index (χ2n) is 7.24. The van der Waals surface area contributed by atoms with Crippen LogP contribution in [-0.4, -0.2) is 37.5 Å². The number of hydrogen-bond donors (Lipinski definition) is 1. The summed E-state index contributed by atoms with van der Waals surface area (Å²) in [5, 5.41) is 11.9. The summed E-state index contributed by atoms with van der Waals surface area (Å²) >= 11 is 6.19. The predicted octanol–water partition coefficient (Wildman–Crippen LogP) is 4.10. The van der Waals surface area contributed by atoms with Crippen LogP contribution in [0, 0.1) is 13.8 Å². The van der Waals surface area contributed by atoms with Crippen molar-refractivity contribution in [3.05, 3.63) is 58.5 Å². The number of benzene rings is 1. The summed E-state index contributed by atoms with van der Waals surface area (Å²) in [5.41, 5.74) is 2.65. The molecule has 3 rings (SSSR count). The Morgan fingerprint density at radius 1 is 1.10 bits per heavy atom. The molecule has 9 heteroatoms. The number of amides is 1.